The Bertz CT molecular complexity index is 1700. The first kappa shape index (κ1) is 29.5. The first-order valence-electron chi connectivity index (χ1n) is 15.3. The summed E-state index contributed by atoms with van der Waals surface area (Å²) in [7, 11) is 0. The van der Waals surface area contributed by atoms with Gasteiger partial charge in [0.15, 0.2) is 11.5 Å². The third-order valence-corrected chi connectivity index (χ3v) is 7.77. The molecule has 0 aliphatic carbocycles. The highest BCUT2D eigenvalue weighted by Crippen LogP contribution is 2.35. The van der Waals surface area contributed by atoms with E-state index in [-0.39, 0.29) is 12.6 Å². The molecule has 6 nitrogen and oxygen atoms in total. The van der Waals surface area contributed by atoms with Crippen LogP contribution >= 0.6 is 0 Å². The van der Waals surface area contributed by atoms with Crippen LogP contribution in [0.4, 0.5) is 4.39 Å². The summed E-state index contributed by atoms with van der Waals surface area (Å²) in [4.78, 5) is 7.61. The molecule has 0 saturated carbocycles. The zero-order valence-corrected chi connectivity index (χ0v) is 25.3. The number of halogens is 1. The molecule has 4 aromatic carbocycles. The molecule has 2 heterocycles. The van der Waals surface area contributed by atoms with Gasteiger partial charge in [0.2, 0.25) is 6.79 Å². The van der Waals surface area contributed by atoms with Crippen molar-refractivity contribution in [3.05, 3.63) is 120 Å². The lowest BCUT2D eigenvalue weighted by molar-refractivity contribution is 0.174. The molecule has 0 amide bonds. The van der Waals surface area contributed by atoms with Crippen molar-refractivity contribution in [2.45, 2.75) is 52.9 Å². The quantitative estimate of drug-likeness (QED) is 0.137. The van der Waals surface area contributed by atoms with Crippen molar-refractivity contribution in [1.29, 1.82) is 0 Å². The van der Waals surface area contributed by atoms with E-state index in [0.717, 1.165) is 76.1 Å². The van der Waals surface area contributed by atoms with E-state index in [4.69, 9.17) is 19.2 Å². The van der Waals surface area contributed by atoms with Crippen molar-refractivity contribution < 1.29 is 18.6 Å². The van der Waals surface area contributed by atoms with Crippen LogP contribution in [0.15, 0.2) is 97.1 Å². The fraction of sp³-hybridized carbons (Fsp3) is 0.270. The van der Waals surface area contributed by atoms with Crippen LogP contribution in [0.1, 0.15) is 43.5 Å². The Labute approximate surface area is 258 Å². The van der Waals surface area contributed by atoms with Crippen LogP contribution in [0.25, 0.3) is 22.6 Å². The normalized spacial score (nSPS) is 12.2. The minimum Gasteiger partial charge on any atom is -0.494 e. The van der Waals surface area contributed by atoms with Crippen molar-refractivity contribution in [3.63, 3.8) is 0 Å². The third-order valence-electron chi connectivity index (χ3n) is 7.77. The van der Waals surface area contributed by atoms with Gasteiger partial charge in [-0.3, -0.25) is 4.90 Å². The van der Waals surface area contributed by atoms with Crippen molar-refractivity contribution in [1.82, 2.24) is 14.5 Å². The molecular weight excluding hydrogens is 553 g/mol. The second kappa shape index (κ2) is 13.8. The molecule has 0 unspecified atom stereocenters. The van der Waals surface area contributed by atoms with E-state index < -0.39 is 0 Å². The first-order chi connectivity index (χ1) is 21.6. The molecule has 5 aromatic rings. The van der Waals surface area contributed by atoms with Crippen LogP contribution in [-0.4, -0.2) is 27.9 Å². The van der Waals surface area contributed by atoms with E-state index in [2.05, 4.69) is 52.8 Å². The van der Waals surface area contributed by atoms with Crippen LogP contribution in [0, 0.1) is 5.82 Å². The summed E-state index contributed by atoms with van der Waals surface area (Å²) >= 11 is 0. The minimum atomic E-state index is -0.275. The molecule has 7 heteroatoms. The molecular formula is C37H38FN3O3. The van der Waals surface area contributed by atoms with Crippen LogP contribution in [0.5, 0.6) is 17.2 Å². The van der Waals surface area contributed by atoms with Gasteiger partial charge in [0, 0.05) is 37.3 Å². The van der Waals surface area contributed by atoms with E-state index in [1.165, 1.54) is 6.07 Å². The number of fused-ring (bicyclic) bond motifs is 1. The molecule has 1 aliphatic heterocycles. The molecule has 0 bridgehead atoms. The minimum absolute atomic E-state index is 0.239. The summed E-state index contributed by atoms with van der Waals surface area (Å²) < 4.78 is 34.0. The van der Waals surface area contributed by atoms with E-state index in [9.17, 15) is 4.39 Å². The second-order valence-corrected chi connectivity index (χ2v) is 11.0. The summed E-state index contributed by atoms with van der Waals surface area (Å²) in [5, 5.41) is 0. The molecule has 44 heavy (non-hydrogen) atoms. The fourth-order valence-electron chi connectivity index (χ4n) is 5.71. The highest BCUT2D eigenvalue weighted by Gasteiger charge is 2.23. The zero-order chi connectivity index (χ0) is 30.3. The monoisotopic (exact) mass is 591 g/mol. The molecule has 6 rings (SSSR count). The highest BCUT2D eigenvalue weighted by molar-refractivity contribution is 5.68. The predicted octanol–water partition coefficient (Wildman–Crippen LogP) is 8.49. The van der Waals surface area contributed by atoms with Gasteiger partial charge in [-0.05, 0) is 60.9 Å². The van der Waals surface area contributed by atoms with Crippen LogP contribution in [0.3, 0.4) is 0 Å². The van der Waals surface area contributed by atoms with Gasteiger partial charge >= 0.3 is 0 Å². The topological polar surface area (TPSA) is 48.8 Å². The van der Waals surface area contributed by atoms with E-state index in [1.807, 2.05) is 49.4 Å². The summed E-state index contributed by atoms with van der Waals surface area (Å²) in [6, 6.07) is 31.4. The third kappa shape index (κ3) is 6.79. The number of hydrogen-bond donors (Lipinski definition) is 0. The predicted molar refractivity (Wildman–Crippen MR) is 171 cm³/mol. The maximum Gasteiger partial charge on any atom is 0.231 e. The summed E-state index contributed by atoms with van der Waals surface area (Å²) in [6.45, 7) is 7.80. The SMILES string of the molecule is CCCCn1c(-c2ccccc2)nc(-c2cccc(F)c2)c1CN(Cc1cccc(OCC)c1)Cc1ccc2c(c1)OCO2. The Hall–Kier alpha value is -4.62. The van der Waals surface area contributed by atoms with Crippen molar-refractivity contribution in [2.24, 2.45) is 0 Å². The van der Waals surface area contributed by atoms with Gasteiger partial charge in [-0.25, -0.2) is 9.37 Å². The number of rotatable bonds is 13. The largest absolute Gasteiger partial charge is 0.494 e. The van der Waals surface area contributed by atoms with Gasteiger partial charge in [0.1, 0.15) is 17.4 Å². The van der Waals surface area contributed by atoms with Crippen LogP contribution in [0.2, 0.25) is 0 Å². The van der Waals surface area contributed by atoms with Gasteiger partial charge in [0.05, 0.1) is 18.0 Å². The lowest BCUT2D eigenvalue weighted by Crippen LogP contribution is -2.24. The Morgan fingerprint density at radius 3 is 2.36 bits per heavy atom. The number of nitrogens with zero attached hydrogens (tertiary/aromatic N) is 3. The van der Waals surface area contributed by atoms with Crippen molar-refractivity contribution in [3.8, 4) is 39.9 Å². The molecule has 0 saturated heterocycles. The van der Waals surface area contributed by atoms with Gasteiger partial charge in [-0.2, -0.15) is 0 Å². The molecule has 0 fully saturated rings. The Morgan fingerprint density at radius 1 is 0.795 bits per heavy atom. The van der Waals surface area contributed by atoms with Gasteiger partial charge in [-0.1, -0.05) is 74.0 Å². The number of benzene rings is 4. The zero-order valence-electron chi connectivity index (χ0n) is 25.3. The molecule has 0 radical (unpaired) electrons. The smallest absolute Gasteiger partial charge is 0.231 e. The first-order valence-corrected chi connectivity index (χ1v) is 15.3. The lowest BCUT2D eigenvalue weighted by atomic mass is 10.1. The lowest BCUT2D eigenvalue weighted by Gasteiger charge is -2.25. The summed E-state index contributed by atoms with van der Waals surface area (Å²) in [5.74, 6) is 3.01. The molecule has 226 valence electrons. The second-order valence-electron chi connectivity index (χ2n) is 11.0. The number of ether oxygens (including phenoxy) is 3. The Balaban J connectivity index is 1.45. The molecule has 1 aromatic heterocycles. The average molecular weight is 592 g/mol. The number of hydrogen-bond acceptors (Lipinski definition) is 5. The summed E-state index contributed by atoms with van der Waals surface area (Å²) in [6.07, 6.45) is 2.05. The molecule has 1 aliphatic rings. The molecule has 0 N–H and O–H groups in total. The standard InChI is InChI=1S/C37H38FN3O3/c1-3-5-19-41-33(36(30-14-10-15-31(38)22-30)39-37(41)29-12-7-6-8-13-29)25-40(23-27-11-9-16-32(20-27)42-4-2)24-28-17-18-34-35(21-28)44-26-43-34/h6-18,20-22H,3-5,19,23-26H2,1-2H3. The fourth-order valence-corrected chi connectivity index (χ4v) is 5.71. The van der Waals surface area contributed by atoms with E-state index in [0.29, 0.717) is 26.2 Å². The molecule has 0 atom stereocenters. The van der Waals surface area contributed by atoms with Crippen LogP contribution < -0.4 is 14.2 Å². The highest BCUT2D eigenvalue weighted by atomic mass is 19.1. The maximum absolute atomic E-state index is 14.6. The van der Waals surface area contributed by atoms with Crippen molar-refractivity contribution >= 4 is 0 Å². The Kier molecular flexibility index (Phi) is 9.22. The van der Waals surface area contributed by atoms with Crippen molar-refractivity contribution in [2.75, 3.05) is 13.4 Å². The Morgan fingerprint density at radius 2 is 1.57 bits per heavy atom. The van der Waals surface area contributed by atoms with E-state index in [1.54, 1.807) is 12.1 Å². The average Bonchev–Trinajstić information content (AvgIpc) is 3.65. The van der Waals surface area contributed by atoms with Crippen LogP contribution in [-0.2, 0) is 26.2 Å². The van der Waals surface area contributed by atoms with Gasteiger partial charge in [0.25, 0.3) is 0 Å². The summed E-state index contributed by atoms with van der Waals surface area (Å²) in [5.41, 5.74) is 5.94. The number of aromatic nitrogens is 2. The molecule has 0 spiro atoms. The van der Waals surface area contributed by atoms with Gasteiger partial charge < -0.3 is 18.8 Å². The van der Waals surface area contributed by atoms with E-state index >= 15 is 0 Å². The van der Waals surface area contributed by atoms with Gasteiger partial charge in [-0.15, -0.1) is 0 Å². The maximum atomic E-state index is 14.6. The number of unbranched alkanes of at least 4 members (excludes halogenated alkanes) is 1. The number of imidazole rings is 1.